The number of hydrogen-bond acceptors (Lipinski definition) is 8. The maximum atomic E-state index is 13.6. The number of amides is 1. The monoisotopic (exact) mass is 557 g/mol. The predicted molar refractivity (Wildman–Crippen MR) is 159 cm³/mol. The fourth-order valence-electron chi connectivity index (χ4n) is 4.66. The van der Waals surface area contributed by atoms with Crippen molar-refractivity contribution in [1.29, 1.82) is 0 Å². The summed E-state index contributed by atoms with van der Waals surface area (Å²) >= 11 is 1.30. The third-order valence-corrected chi connectivity index (χ3v) is 7.63. The molecule has 1 amide bonds. The number of rotatable bonds is 9. The van der Waals surface area contributed by atoms with E-state index in [9.17, 15) is 14.7 Å². The molecule has 1 unspecified atom stereocenters. The molecule has 0 bridgehead atoms. The van der Waals surface area contributed by atoms with Gasteiger partial charge in [0.05, 0.1) is 35.0 Å². The van der Waals surface area contributed by atoms with Gasteiger partial charge in [-0.3, -0.25) is 14.5 Å². The normalized spacial score (nSPS) is 16.5. The van der Waals surface area contributed by atoms with Crippen LogP contribution >= 0.6 is 11.3 Å². The first-order valence-electron chi connectivity index (χ1n) is 13.2. The summed E-state index contributed by atoms with van der Waals surface area (Å²) < 4.78 is 12.2. The largest absolute Gasteiger partial charge is 0.507 e. The van der Waals surface area contributed by atoms with Crippen molar-refractivity contribution in [1.82, 2.24) is 4.98 Å². The summed E-state index contributed by atoms with van der Waals surface area (Å²) in [5, 5.41) is 11.9. The number of Topliss-reactive ketones (excluding diaryl/α,β-unsaturated/α-hetero) is 1. The SMILES string of the molecule is CCCOc1cccc(C(O)=C2C(=O)C(=O)N(c3nc4ccc(OCC)cc4s3)C2c2ccc(N(C)C)cc2)c1. The highest BCUT2D eigenvalue weighted by molar-refractivity contribution is 7.22. The number of nitrogens with zero attached hydrogens (tertiary/aromatic N) is 3. The van der Waals surface area contributed by atoms with Crippen molar-refractivity contribution in [3.8, 4) is 11.5 Å². The van der Waals surface area contributed by atoms with Crippen molar-refractivity contribution in [2.45, 2.75) is 26.3 Å². The van der Waals surface area contributed by atoms with Crippen LogP contribution in [-0.2, 0) is 9.59 Å². The molecule has 1 saturated heterocycles. The molecule has 206 valence electrons. The summed E-state index contributed by atoms with van der Waals surface area (Å²) in [6.45, 7) is 4.97. The maximum Gasteiger partial charge on any atom is 0.301 e. The van der Waals surface area contributed by atoms with Gasteiger partial charge in [0.2, 0.25) is 0 Å². The van der Waals surface area contributed by atoms with Crippen LogP contribution in [0, 0.1) is 0 Å². The van der Waals surface area contributed by atoms with E-state index in [1.165, 1.54) is 16.2 Å². The average Bonchev–Trinajstić information content (AvgIpc) is 3.49. The van der Waals surface area contributed by atoms with Crippen LogP contribution in [0.5, 0.6) is 11.5 Å². The van der Waals surface area contributed by atoms with E-state index in [-0.39, 0.29) is 11.3 Å². The van der Waals surface area contributed by atoms with Gasteiger partial charge in [-0.05, 0) is 61.4 Å². The number of carbonyl (C=O) groups is 2. The lowest BCUT2D eigenvalue weighted by Gasteiger charge is -2.23. The molecule has 40 heavy (non-hydrogen) atoms. The van der Waals surface area contributed by atoms with Gasteiger partial charge in [-0.25, -0.2) is 4.98 Å². The zero-order valence-electron chi connectivity index (χ0n) is 22.9. The standard InChI is InChI=1S/C31H31N3O5S/c1-5-16-39-22-9-7-8-20(17-22)28(35)26-27(19-10-12-21(13-11-19)33(3)4)34(30(37)29(26)36)31-32-24-15-14-23(38-6-2)18-25(24)40-31/h7-15,17-18,27,35H,5-6,16H2,1-4H3. The highest BCUT2D eigenvalue weighted by Gasteiger charge is 2.48. The molecular formula is C31H31N3O5S. The lowest BCUT2D eigenvalue weighted by Crippen LogP contribution is -2.29. The lowest BCUT2D eigenvalue weighted by molar-refractivity contribution is -0.132. The minimum Gasteiger partial charge on any atom is -0.507 e. The Morgan fingerprint density at radius 2 is 1.75 bits per heavy atom. The Morgan fingerprint density at radius 1 is 1.00 bits per heavy atom. The summed E-state index contributed by atoms with van der Waals surface area (Å²) in [6, 6.07) is 19.2. The minimum atomic E-state index is -0.872. The number of aliphatic hydroxyl groups excluding tert-OH is 1. The van der Waals surface area contributed by atoms with E-state index >= 15 is 0 Å². The van der Waals surface area contributed by atoms with Gasteiger partial charge in [-0.2, -0.15) is 0 Å². The van der Waals surface area contributed by atoms with Crippen LogP contribution in [0.15, 0.2) is 72.3 Å². The van der Waals surface area contributed by atoms with E-state index in [0.717, 1.165) is 16.8 Å². The number of ether oxygens (including phenoxy) is 2. The molecule has 0 saturated carbocycles. The maximum absolute atomic E-state index is 13.6. The molecule has 0 spiro atoms. The summed E-state index contributed by atoms with van der Waals surface area (Å²) in [5.74, 6) is -0.500. The molecule has 2 heterocycles. The number of aromatic nitrogens is 1. The van der Waals surface area contributed by atoms with Crippen molar-refractivity contribution >= 4 is 49.8 Å². The third-order valence-electron chi connectivity index (χ3n) is 6.62. The fraction of sp³-hybridized carbons (Fsp3) is 0.258. The number of aliphatic hydroxyl groups is 1. The van der Waals surface area contributed by atoms with Crippen LogP contribution in [0.2, 0.25) is 0 Å². The Kier molecular flexibility index (Phi) is 7.75. The van der Waals surface area contributed by atoms with Crippen LogP contribution in [0.3, 0.4) is 0 Å². The van der Waals surface area contributed by atoms with Gasteiger partial charge in [-0.1, -0.05) is 42.5 Å². The first-order chi connectivity index (χ1) is 19.3. The second kappa shape index (κ2) is 11.4. The molecule has 1 aromatic heterocycles. The molecule has 1 N–H and O–H groups in total. The molecule has 5 rings (SSSR count). The number of fused-ring (bicyclic) bond motifs is 1. The fourth-order valence-corrected chi connectivity index (χ4v) is 5.68. The molecule has 8 nitrogen and oxygen atoms in total. The van der Waals surface area contributed by atoms with Gasteiger partial charge < -0.3 is 19.5 Å². The Morgan fingerprint density at radius 3 is 2.45 bits per heavy atom. The highest BCUT2D eigenvalue weighted by atomic mass is 32.1. The molecule has 1 fully saturated rings. The first kappa shape index (κ1) is 27.2. The van der Waals surface area contributed by atoms with E-state index < -0.39 is 17.7 Å². The van der Waals surface area contributed by atoms with Gasteiger partial charge in [0, 0.05) is 25.3 Å². The number of carbonyl (C=O) groups excluding carboxylic acids is 2. The number of ketones is 1. The van der Waals surface area contributed by atoms with Crippen LogP contribution in [-0.4, -0.2) is 49.1 Å². The summed E-state index contributed by atoms with van der Waals surface area (Å²) in [6.07, 6.45) is 0.832. The topological polar surface area (TPSA) is 92.2 Å². The van der Waals surface area contributed by atoms with Gasteiger partial charge in [0.25, 0.3) is 5.78 Å². The number of anilines is 2. The Bertz CT molecular complexity index is 1590. The first-order valence-corrected chi connectivity index (χ1v) is 14.0. The van der Waals surface area contributed by atoms with E-state index in [2.05, 4.69) is 0 Å². The molecule has 0 radical (unpaired) electrons. The van der Waals surface area contributed by atoms with Crippen LogP contribution in [0.1, 0.15) is 37.4 Å². The quantitative estimate of drug-likeness (QED) is 0.149. The van der Waals surface area contributed by atoms with Crippen molar-refractivity contribution in [2.24, 2.45) is 0 Å². The highest BCUT2D eigenvalue weighted by Crippen LogP contribution is 2.45. The van der Waals surface area contributed by atoms with Gasteiger partial charge in [-0.15, -0.1) is 0 Å². The molecule has 0 aliphatic carbocycles. The molecule has 9 heteroatoms. The second-order valence-electron chi connectivity index (χ2n) is 9.59. The smallest absolute Gasteiger partial charge is 0.301 e. The van der Waals surface area contributed by atoms with E-state index in [4.69, 9.17) is 14.5 Å². The van der Waals surface area contributed by atoms with Gasteiger partial charge >= 0.3 is 5.91 Å². The summed E-state index contributed by atoms with van der Waals surface area (Å²) in [5.41, 5.74) is 2.73. The Hall–Kier alpha value is -4.37. The zero-order valence-corrected chi connectivity index (χ0v) is 23.7. The minimum absolute atomic E-state index is 0.00417. The zero-order chi connectivity index (χ0) is 28.4. The average molecular weight is 558 g/mol. The van der Waals surface area contributed by atoms with Crippen LogP contribution < -0.4 is 19.3 Å². The van der Waals surface area contributed by atoms with Crippen LogP contribution in [0.4, 0.5) is 10.8 Å². The third kappa shape index (κ3) is 5.12. The van der Waals surface area contributed by atoms with Gasteiger partial charge in [0.15, 0.2) is 5.13 Å². The molecule has 3 aromatic carbocycles. The van der Waals surface area contributed by atoms with E-state index in [1.54, 1.807) is 24.3 Å². The molecular weight excluding hydrogens is 526 g/mol. The Balaban J connectivity index is 1.66. The van der Waals surface area contributed by atoms with Crippen molar-refractivity contribution in [3.63, 3.8) is 0 Å². The van der Waals surface area contributed by atoms with Crippen molar-refractivity contribution in [3.05, 3.63) is 83.4 Å². The van der Waals surface area contributed by atoms with E-state index in [1.807, 2.05) is 75.3 Å². The lowest BCUT2D eigenvalue weighted by atomic mass is 9.95. The molecule has 4 aromatic rings. The predicted octanol–water partition coefficient (Wildman–Crippen LogP) is 6.18. The van der Waals surface area contributed by atoms with Gasteiger partial charge in [0.1, 0.15) is 17.3 Å². The van der Waals surface area contributed by atoms with E-state index in [0.29, 0.717) is 46.5 Å². The number of benzene rings is 3. The summed E-state index contributed by atoms with van der Waals surface area (Å²) in [7, 11) is 3.87. The van der Waals surface area contributed by atoms with Crippen molar-refractivity contribution in [2.75, 3.05) is 37.1 Å². The van der Waals surface area contributed by atoms with Crippen LogP contribution in [0.25, 0.3) is 16.0 Å². The number of thiazole rings is 1. The molecule has 1 aliphatic heterocycles. The molecule has 1 aliphatic rings. The number of hydrogen-bond donors (Lipinski definition) is 1. The second-order valence-corrected chi connectivity index (χ2v) is 10.6. The Labute approximate surface area is 237 Å². The molecule has 1 atom stereocenters. The summed E-state index contributed by atoms with van der Waals surface area (Å²) in [4.78, 5) is 35.2. The van der Waals surface area contributed by atoms with Crippen molar-refractivity contribution < 1.29 is 24.2 Å².